The van der Waals surface area contributed by atoms with E-state index in [0.29, 0.717) is 5.75 Å². The zero-order chi connectivity index (χ0) is 22.4. The van der Waals surface area contributed by atoms with Crippen LogP contribution in [0.3, 0.4) is 0 Å². The highest BCUT2D eigenvalue weighted by Crippen LogP contribution is 2.14. The van der Waals surface area contributed by atoms with Crippen LogP contribution in [0.4, 0.5) is 0 Å². The predicted molar refractivity (Wildman–Crippen MR) is 129 cm³/mol. The maximum absolute atomic E-state index is 12.2. The third-order valence-electron chi connectivity index (χ3n) is 4.08. The number of Topliss-reactive ketones (excluding diaryl/α,β-unsaturated/α-hetero) is 1. The monoisotopic (exact) mass is 442 g/mol. The Morgan fingerprint density at radius 1 is 1.00 bits per heavy atom. The lowest BCUT2D eigenvalue weighted by atomic mass is 10.1. The van der Waals surface area contributed by atoms with E-state index in [1.54, 1.807) is 18.7 Å². The van der Waals surface area contributed by atoms with E-state index in [4.69, 9.17) is 5.73 Å². The van der Waals surface area contributed by atoms with Crippen LogP contribution in [0.1, 0.15) is 60.3 Å². The molecule has 0 radical (unpaired) electrons. The van der Waals surface area contributed by atoms with Gasteiger partial charge in [0.25, 0.3) is 0 Å². The predicted octanol–water partition coefficient (Wildman–Crippen LogP) is 4.50. The molecule has 166 valence electrons. The minimum atomic E-state index is -3.37. The molecule has 0 aromatic heterocycles. The van der Waals surface area contributed by atoms with Crippen molar-refractivity contribution in [2.75, 3.05) is 23.5 Å². The first-order chi connectivity index (χ1) is 13.4. The Bertz CT molecular complexity index is 740. The number of nitrogens with two attached hydrogens (primary N) is 1. The number of allylic oxidation sites excluding steroid dienone is 5. The van der Waals surface area contributed by atoms with Crippen molar-refractivity contribution in [1.29, 1.82) is 0 Å². The van der Waals surface area contributed by atoms with Gasteiger partial charge >= 0.3 is 0 Å². The molecule has 0 heterocycles. The Morgan fingerprint density at radius 2 is 1.55 bits per heavy atom. The molecule has 0 saturated heterocycles. The summed E-state index contributed by atoms with van der Waals surface area (Å²) in [5.74, 6) is 0.575. The van der Waals surface area contributed by atoms with Gasteiger partial charge in [0.2, 0.25) is 0 Å². The number of ketones is 1. The first-order valence-corrected chi connectivity index (χ1v) is 13.1. The highest BCUT2D eigenvalue weighted by molar-refractivity contribution is 7.99. The van der Waals surface area contributed by atoms with Crippen LogP contribution < -0.4 is 5.73 Å². The maximum Gasteiger partial charge on any atom is 0.173 e. The van der Waals surface area contributed by atoms with Gasteiger partial charge in [0.05, 0.1) is 5.84 Å². The van der Waals surface area contributed by atoms with Gasteiger partial charge in [-0.25, -0.2) is 8.42 Å². The van der Waals surface area contributed by atoms with Crippen LogP contribution in [0, 0.1) is 0 Å². The molecule has 0 aliphatic heterocycles. The topological polar surface area (TPSA) is 89.6 Å². The average molecular weight is 443 g/mol. The SMILES string of the molecule is CC(C)=CCC/C(C)=C/CC/C(C)=C/CSCC(N=C(C)N)C(=O)CS(C)(=O)=O. The molecule has 1 atom stereocenters. The summed E-state index contributed by atoms with van der Waals surface area (Å²) in [6.45, 7) is 10.1. The van der Waals surface area contributed by atoms with E-state index in [-0.39, 0.29) is 5.84 Å². The molecular weight excluding hydrogens is 404 g/mol. The zero-order valence-electron chi connectivity index (χ0n) is 18.8. The van der Waals surface area contributed by atoms with E-state index in [2.05, 4.69) is 50.9 Å². The minimum absolute atomic E-state index is 0.288. The fourth-order valence-corrected chi connectivity index (χ4v) is 4.25. The molecule has 0 bridgehead atoms. The summed E-state index contributed by atoms with van der Waals surface area (Å²) >= 11 is 1.56. The molecule has 0 aromatic rings. The Balaban J connectivity index is 4.44. The summed E-state index contributed by atoms with van der Waals surface area (Å²) < 4.78 is 22.7. The number of amidine groups is 1. The number of hydrogen-bond acceptors (Lipinski definition) is 5. The van der Waals surface area contributed by atoms with Crippen molar-refractivity contribution >= 4 is 33.2 Å². The van der Waals surface area contributed by atoms with Gasteiger partial charge in [0.15, 0.2) is 15.6 Å². The molecule has 1 unspecified atom stereocenters. The van der Waals surface area contributed by atoms with Gasteiger partial charge in [-0.15, -0.1) is 0 Å². The number of thioether (sulfide) groups is 1. The fraction of sp³-hybridized carbons (Fsp3) is 0.636. The molecular formula is C22H38N2O3S2. The lowest BCUT2D eigenvalue weighted by molar-refractivity contribution is -0.117. The first-order valence-electron chi connectivity index (χ1n) is 9.93. The lowest BCUT2D eigenvalue weighted by Gasteiger charge is -2.11. The largest absolute Gasteiger partial charge is 0.388 e. The van der Waals surface area contributed by atoms with Gasteiger partial charge < -0.3 is 5.73 Å². The number of nitrogens with zero attached hydrogens (tertiary/aromatic N) is 1. The molecule has 0 aromatic carbocycles. The average Bonchev–Trinajstić information content (AvgIpc) is 2.55. The van der Waals surface area contributed by atoms with E-state index in [9.17, 15) is 13.2 Å². The van der Waals surface area contributed by atoms with Crippen LogP contribution >= 0.6 is 11.8 Å². The van der Waals surface area contributed by atoms with Crippen molar-refractivity contribution in [1.82, 2.24) is 0 Å². The van der Waals surface area contributed by atoms with Crippen LogP contribution in [0.25, 0.3) is 0 Å². The number of aliphatic imine (C=N–C) groups is 1. The molecule has 0 fully saturated rings. The molecule has 0 spiro atoms. The van der Waals surface area contributed by atoms with Crippen molar-refractivity contribution in [3.05, 3.63) is 34.9 Å². The van der Waals surface area contributed by atoms with E-state index < -0.39 is 27.4 Å². The summed E-state index contributed by atoms with van der Waals surface area (Å²) in [6, 6.07) is -0.708. The van der Waals surface area contributed by atoms with Gasteiger partial charge in [-0.2, -0.15) is 11.8 Å². The molecule has 0 aliphatic carbocycles. The third-order valence-corrected chi connectivity index (χ3v) is 5.85. The van der Waals surface area contributed by atoms with Crippen LogP contribution in [-0.4, -0.2) is 49.6 Å². The summed E-state index contributed by atoms with van der Waals surface area (Å²) in [4.78, 5) is 16.3. The summed E-state index contributed by atoms with van der Waals surface area (Å²) in [5, 5.41) is 0. The quantitative estimate of drug-likeness (QED) is 0.185. The molecule has 2 N–H and O–H groups in total. The second-order valence-electron chi connectivity index (χ2n) is 7.82. The Morgan fingerprint density at radius 3 is 2.07 bits per heavy atom. The number of rotatable bonds is 14. The highest BCUT2D eigenvalue weighted by atomic mass is 32.2. The van der Waals surface area contributed by atoms with Crippen LogP contribution in [0.15, 0.2) is 39.9 Å². The van der Waals surface area contributed by atoms with Crippen LogP contribution in [-0.2, 0) is 14.6 Å². The van der Waals surface area contributed by atoms with Gasteiger partial charge in [-0.3, -0.25) is 9.79 Å². The van der Waals surface area contributed by atoms with E-state index >= 15 is 0 Å². The van der Waals surface area contributed by atoms with Crippen LogP contribution in [0.2, 0.25) is 0 Å². The van der Waals surface area contributed by atoms with E-state index in [1.165, 1.54) is 16.7 Å². The molecule has 29 heavy (non-hydrogen) atoms. The second-order valence-corrected chi connectivity index (χ2v) is 11.0. The van der Waals surface area contributed by atoms with Crippen molar-refractivity contribution < 1.29 is 13.2 Å². The Labute approximate surface area is 181 Å². The lowest BCUT2D eigenvalue weighted by Crippen LogP contribution is -2.30. The molecule has 0 amide bonds. The normalized spacial score (nSPS) is 14.6. The second kappa shape index (κ2) is 14.6. The number of hydrogen-bond donors (Lipinski definition) is 1. The molecule has 0 aliphatic rings. The standard InChI is InChI=1S/C22H38N2O3S2/c1-17(2)9-7-10-18(3)11-8-12-19(4)13-14-28-15-21(24-20(5)23)22(25)16-29(6,26)27/h9,11,13,21H,7-8,10,12,14-16H2,1-6H3,(H2,23,24)/b18-11+,19-13+. The molecule has 7 heteroatoms. The fourth-order valence-electron chi connectivity index (χ4n) is 2.52. The van der Waals surface area contributed by atoms with E-state index in [1.807, 2.05) is 0 Å². The van der Waals surface area contributed by atoms with Gasteiger partial charge in [0, 0.05) is 17.8 Å². The minimum Gasteiger partial charge on any atom is -0.388 e. The van der Waals surface area contributed by atoms with Crippen molar-refractivity contribution in [3.8, 4) is 0 Å². The Hall–Kier alpha value is -1.34. The number of carbonyl (C=O) groups excluding carboxylic acids is 1. The molecule has 0 rings (SSSR count). The van der Waals surface area contributed by atoms with Crippen LogP contribution in [0.5, 0.6) is 0 Å². The molecule has 0 saturated carbocycles. The third kappa shape index (κ3) is 17.2. The van der Waals surface area contributed by atoms with E-state index in [0.717, 1.165) is 37.7 Å². The number of carbonyl (C=O) groups is 1. The molecule has 5 nitrogen and oxygen atoms in total. The summed E-state index contributed by atoms with van der Waals surface area (Å²) in [7, 11) is -3.37. The number of sulfone groups is 1. The van der Waals surface area contributed by atoms with Crippen molar-refractivity contribution in [2.45, 2.75) is 66.3 Å². The smallest absolute Gasteiger partial charge is 0.173 e. The maximum atomic E-state index is 12.2. The van der Waals surface area contributed by atoms with Gasteiger partial charge in [-0.05, 0) is 60.3 Å². The Kier molecular flexibility index (Phi) is 13.9. The van der Waals surface area contributed by atoms with Crippen molar-refractivity contribution in [2.24, 2.45) is 10.7 Å². The van der Waals surface area contributed by atoms with Crippen molar-refractivity contribution in [3.63, 3.8) is 0 Å². The highest BCUT2D eigenvalue weighted by Gasteiger charge is 2.21. The zero-order valence-corrected chi connectivity index (χ0v) is 20.5. The van der Waals surface area contributed by atoms with Gasteiger partial charge in [0.1, 0.15) is 11.8 Å². The van der Waals surface area contributed by atoms with Gasteiger partial charge in [-0.1, -0.05) is 34.9 Å². The summed E-state index contributed by atoms with van der Waals surface area (Å²) in [6.07, 6.45) is 12.0. The first kappa shape index (κ1) is 27.7. The summed E-state index contributed by atoms with van der Waals surface area (Å²) in [5.41, 5.74) is 9.68.